The number of hydrogen-bond donors (Lipinski definition) is 1. The number of rotatable bonds is 5. The van der Waals surface area contributed by atoms with Gasteiger partial charge in [0.15, 0.2) is 0 Å². The number of aromatic nitrogens is 4. The Morgan fingerprint density at radius 2 is 2.28 bits per heavy atom. The number of halogens is 1. The summed E-state index contributed by atoms with van der Waals surface area (Å²) >= 11 is 3.40. The van der Waals surface area contributed by atoms with Crippen LogP contribution in [0.5, 0.6) is 11.9 Å². The molecule has 2 rings (SSSR count). The van der Waals surface area contributed by atoms with Crippen molar-refractivity contribution in [2.24, 2.45) is 7.05 Å². The quantitative estimate of drug-likeness (QED) is 0.913. The Hall–Kier alpha value is -1.47. The molecule has 18 heavy (non-hydrogen) atoms. The van der Waals surface area contributed by atoms with E-state index in [9.17, 15) is 0 Å². The number of ether oxygens (including phenoxy) is 1. The minimum absolute atomic E-state index is 0.296. The fourth-order valence-corrected chi connectivity index (χ4v) is 1.78. The van der Waals surface area contributed by atoms with E-state index in [1.54, 1.807) is 24.3 Å². The van der Waals surface area contributed by atoms with Crippen LogP contribution < -0.4 is 10.1 Å². The van der Waals surface area contributed by atoms with Crippen molar-refractivity contribution >= 4 is 15.9 Å². The Morgan fingerprint density at radius 3 is 2.94 bits per heavy atom. The van der Waals surface area contributed by atoms with Crippen molar-refractivity contribution in [3.8, 4) is 11.9 Å². The third-order valence-electron chi connectivity index (χ3n) is 2.22. The third kappa shape index (κ3) is 3.27. The monoisotopic (exact) mass is 311 g/mol. The number of nitrogens with one attached hydrogen (secondary N) is 1. The van der Waals surface area contributed by atoms with E-state index in [0.717, 1.165) is 16.6 Å². The van der Waals surface area contributed by atoms with Gasteiger partial charge in [0.25, 0.3) is 0 Å². The Kier molecular flexibility index (Phi) is 4.27. The van der Waals surface area contributed by atoms with Crippen LogP contribution in [0.4, 0.5) is 0 Å². The van der Waals surface area contributed by atoms with E-state index in [1.165, 1.54) is 0 Å². The van der Waals surface area contributed by atoms with Crippen LogP contribution in [-0.2, 0) is 13.6 Å². The van der Waals surface area contributed by atoms with Crippen molar-refractivity contribution in [2.45, 2.75) is 13.5 Å². The molecule has 0 aliphatic rings. The molecule has 0 radical (unpaired) electrons. The number of pyridine rings is 1. The fourth-order valence-electron chi connectivity index (χ4n) is 1.40. The molecule has 0 bridgehead atoms. The first-order valence-corrected chi connectivity index (χ1v) is 6.37. The van der Waals surface area contributed by atoms with Gasteiger partial charge in [-0.1, -0.05) is 6.92 Å². The highest BCUT2D eigenvalue weighted by Crippen LogP contribution is 2.23. The molecular formula is C11H14BrN5O. The van der Waals surface area contributed by atoms with Crippen LogP contribution in [0.1, 0.15) is 12.5 Å². The molecule has 0 aromatic carbocycles. The molecule has 2 heterocycles. The molecule has 0 fully saturated rings. The van der Waals surface area contributed by atoms with Gasteiger partial charge in [-0.05, 0) is 28.5 Å². The highest BCUT2D eigenvalue weighted by molar-refractivity contribution is 9.10. The van der Waals surface area contributed by atoms with Crippen LogP contribution in [0.25, 0.3) is 0 Å². The highest BCUT2D eigenvalue weighted by atomic mass is 79.9. The molecule has 0 spiro atoms. The normalized spacial score (nSPS) is 10.6. The average Bonchev–Trinajstić information content (AvgIpc) is 2.75. The summed E-state index contributed by atoms with van der Waals surface area (Å²) in [5, 5.41) is 7.30. The van der Waals surface area contributed by atoms with E-state index in [-0.39, 0.29) is 0 Å². The van der Waals surface area contributed by atoms with Crippen LogP contribution in [0.3, 0.4) is 0 Å². The summed E-state index contributed by atoms with van der Waals surface area (Å²) < 4.78 is 8.06. The highest BCUT2D eigenvalue weighted by Gasteiger charge is 2.09. The minimum atomic E-state index is 0.296. The molecule has 7 heteroatoms. The Labute approximate surface area is 114 Å². The first-order chi connectivity index (χ1) is 8.69. The molecule has 1 N–H and O–H groups in total. The van der Waals surface area contributed by atoms with Crippen LogP contribution in [-0.4, -0.2) is 26.3 Å². The van der Waals surface area contributed by atoms with Crippen molar-refractivity contribution in [3.63, 3.8) is 0 Å². The number of aryl methyl sites for hydroxylation is 1. The van der Waals surface area contributed by atoms with Crippen LogP contribution in [0, 0.1) is 0 Å². The second kappa shape index (κ2) is 5.92. The van der Waals surface area contributed by atoms with Gasteiger partial charge in [-0.25, -0.2) is 4.98 Å². The van der Waals surface area contributed by atoms with E-state index in [4.69, 9.17) is 4.74 Å². The largest absolute Gasteiger partial charge is 0.404 e. The van der Waals surface area contributed by atoms with E-state index in [0.29, 0.717) is 18.4 Å². The van der Waals surface area contributed by atoms with Crippen molar-refractivity contribution in [1.82, 2.24) is 25.1 Å². The fraction of sp³-hybridized carbons (Fsp3) is 0.364. The summed E-state index contributed by atoms with van der Waals surface area (Å²) in [5.74, 6) is 0.519. The van der Waals surface area contributed by atoms with Crippen molar-refractivity contribution < 1.29 is 4.74 Å². The van der Waals surface area contributed by atoms with Gasteiger partial charge in [0.05, 0.1) is 0 Å². The molecule has 96 valence electrons. The lowest BCUT2D eigenvalue weighted by molar-refractivity contribution is 0.415. The van der Waals surface area contributed by atoms with Gasteiger partial charge in [-0.2, -0.15) is 4.98 Å². The second-order valence-electron chi connectivity index (χ2n) is 3.70. The molecule has 0 saturated heterocycles. The van der Waals surface area contributed by atoms with Crippen LogP contribution >= 0.6 is 15.9 Å². The van der Waals surface area contributed by atoms with Gasteiger partial charge < -0.3 is 10.1 Å². The molecule has 0 unspecified atom stereocenters. The predicted molar refractivity (Wildman–Crippen MR) is 70.4 cm³/mol. The number of hydrogen-bond acceptors (Lipinski definition) is 5. The lowest BCUT2D eigenvalue weighted by atomic mass is 10.2. The van der Waals surface area contributed by atoms with E-state index < -0.39 is 0 Å². The average molecular weight is 312 g/mol. The number of nitrogens with zero attached hydrogens (tertiary/aromatic N) is 4. The van der Waals surface area contributed by atoms with Gasteiger partial charge in [0.2, 0.25) is 5.88 Å². The van der Waals surface area contributed by atoms with Gasteiger partial charge in [-0.3, -0.25) is 4.68 Å². The van der Waals surface area contributed by atoms with Gasteiger partial charge in [0, 0.05) is 29.8 Å². The lowest BCUT2D eigenvalue weighted by Gasteiger charge is -2.08. The lowest BCUT2D eigenvalue weighted by Crippen LogP contribution is -2.13. The van der Waals surface area contributed by atoms with Crippen molar-refractivity contribution in [2.75, 3.05) is 6.54 Å². The predicted octanol–water partition coefficient (Wildman–Crippen LogP) is 1.87. The second-order valence-corrected chi connectivity index (χ2v) is 4.62. The molecule has 0 saturated carbocycles. The Bertz CT molecular complexity index is 528. The SMILES string of the molecule is CCNCc1cc(Br)cnc1Oc1ncn(C)n1. The summed E-state index contributed by atoms with van der Waals surface area (Å²) in [6.45, 7) is 3.62. The first-order valence-electron chi connectivity index (χ1n) is 5.57. The zero-order valence-electron chi connectivity index (χ0n) is 10.2. The third-order valence-corrected chi connectivity index (χ3v) is 2.66. The van der Waals surface area contributed by atoms with E-state index in [2.05, 4.69) is 36.3 Å². The van der Waals surface area contributed by atoms with Gasteiger partial charge >= 0.3 is 6.01 Å². The molecule has 0 aliphatic carbocycles. The van der Waals surface area contributed by atoms with Gasteiger partial charge in [0.1, 0.15) is 6.33 Å². The van der Waals surface area contributed by atoms with E-state index in [1.807, 2.05) is 13.0 Å². The summed E-state index contributed by atoms with van der Waals surface area (Å²) in [6, 6.07) is 2.26. The topological polar surface area (TPSA) is 64.9 Å². The summed E-state index contributed by atoms with van der Waals surface area (Å²) in [4.78, 5) is 8.25. The smallest absolute Gasteiger partial charge is 0.342 e. The molecule has 2 aromatic rings. The molecular weight excluding hydrogens is 298 g/mol. The molecule has 6 nitrogen and oxygen atoms in total. The van der Waals surface area contributed by atoms with Crippen LogP contribution in [0.15, 0.2) is 23.1 Å². The molecule has 2 aromatic heterocycles. The minimum Gasteiger partial charge on any atom is -0.404 e. The summed E-state index contributed by atoms with van der Waals surface area (Å²) in [5.41, 5.74) is 0.957. The maximum absolute atomic E-state index is 5.57. The molecule has 0 atom stereocenters. The maximum Gasteiger partial charge on any atom is 0.342 e. The molecule has 0 aliphatic heterocycles. The van der Waals surface area contributed by atoms with Crippen molar-refractivity contribution in [1.29, 1.82) is 0 Å². The zero-order valence-corrected chi connectivity index (χ0v) is 11.8. The van der Waals surface area contributed by atoms with Gasteiger partial charge in [-0.15, -0.1) is 5.10 Å². The van der Waals surface area contributed by atoms with Crippen molar-refractivity contribution in [3.05, 3.63) is 28.6 Å². The molecule has 0 amide bonds. The zero-order chi connectivity index (χ0) is 13.0. The Morgan fingerprint density at radius 1 is 1.44 bits per heavy atom. The standard InChI is InChI=1S/C11H14BrN5O/c1-3-13-5-8-4-9(12)6-14-10(8)18-11-15-7-17(2)16-11/h4,6-7,13H,3,5H2,1-2H3. The summed E-state index contributed by atoms with van der Waals surface area (Å²) in [7, 11) is 1.79. The van der Waals surface area contributed by atoms with E-state index >= 15 is 0 Å². The first kappa shape index (κ1) is 13.0. The Balaban J connectivity index is 2.20. The van der Waals surface area contributed by atoms with Crippen LogP contribution in [0.2, 0.25) is 0 Å². The summed E-state index contributed by atoms with van der Waals surface area (Å²) in [6.07, 6.45) is 3.27. The maximum atomic E-state index is 5.57.